The summed E-state index contributed by atoms with van der Waals surface area (Å²) in [6, 6.07) is 0. The molecular weight excluding hydrogens is 172 g/mol. The maximum absolute atomic E-state index is 10.5. The third-order valence-electron chi connectivity index (χ3n) is 1.43. The van der Waals surface area contributed by atoms with Gasteiger partial charge in [0.1, 0.15) is 0 Å². The number of hydrogen-bond donors (Lipinski definition) is 0. The molecule has 4 nitrogen and oxygen atoms in total. The number of ether oxygens (including phenoxy) is 2. The molecule has 0 heterocycles. The molecule has 0 aromatic rings. The second-order valence-corrected chi connectivity index (χ2v) is 2.90. The van der Waals surface area contributed by atoms with Gasteiger partial charge in [0.15, 0.2) is 0 Å². The molecule has 4 heteroatoms. The minimum absolute atomic E-state index is 0.104. The first-order chi connectivity index (χ1) is 6.02. The molecule has 0 saturated heterocycles. The minimum atomic E-state index is -0.278. The number of carbonyl (C=O) groups is 2. The Bertz CT molecular complexity index is 176. The van der Waals surface area contributed by atoms with Crippen molar-refractivity contribution < 1.29 is 19.1 Å². The highest BCUT2D eigenvalue weighted by Gasteiger charge is 2.04. The molecule has 0 saturated carbocycles. The quantitative estimate of drug-likeness (QED) is 0.481. The van der Waals surface area contributed by atoms with Crippen LogP contribution in [0.25, 0.3) is 0 Å². The Kier molecular flexibility index (Phi) is 5.93. The Hall–Kier alpha value is -1.06. The van der Waals surface area contributed by atoms with Crippen molar-refractivity contribution in [3.05, 3.63) is 0 Å². The van der Waals surface area contributed by atoms with Crippen LogP contribution in [0.3, 0.4) is 0 Å². The van der Waals surface area contributed by atoms with Crippen molar-refractivity contribution in [3.8, 4) is 0 Å². The first-order valence-electron chi connectivity index (χ1n) is 4.33. The van der Waals surface area contributed by atoms with Gasteiger partial charge in [-0.1, -0.05) is 0 Å². The zero-order valence-corrected chi connectivity index (χ0v) is 8.33. The second kappa shape index (κ2) is 6.46. The Labute approximate surface area is 78.2 Å². The van der Waals surface area contributed by atoms with Gasteiger partial charge in [0.05, 0.1) is 12.7 Å². The fraction of sp³-hybridized carbons (Fsp3) is 0.778. The van der Waals surface area contributed by atoms with Gasteiger partial charge in [0.25, 0.3) is 0 Å². The molecule has 0 unspecified atom stereocenters. The van der Waals surface area contributed by atoms with Crippen LogP contribution in [0.1, 0.15) is 33.6 Å². The van der Waals surface area contributed by atoms with Crippen LogP contribution in [0.15, 0.2) is 0 Å². The highest BCUT2D eigenvalue weighted by molar-refractivity contribution is 5.66. The molecule has 1 atom stereocenters. The van der Waals surface area contributed by atoms with E-state index in [0.717, 1.165) is 0 Å². The summed E-state index contributed by atoms with van der Waals surface area (Å²) in [6.07, 6.45) is 1.33. The van der Waals surface area contributed by atoms with Gasteiger partial charge in [-0.2, -0.15) is 0 Å². The van der Waals surface area contributed by atoms with Gasteiger partial charge < -0.3 is 9.47 Å². The summed E-state index contributed by atoms with van der Waals surface area (Å²) in [5, 5.41) is 0. The van der Waals surface area contributed by atoms with Crippen molar-refractivity contribution in [2.24, 2.45) is 0 Å². The molecule has 0 aromatic heterocycles. The minimum Gasteiger partial charge on any atom is -0.466 e. The van der Waals surface area contributed by atoms with Crippen molar-refractivity contribution in [2.75, 3.05) is 6.61 Å². The first-order valence-corrected chi connectivity index (χ1v) is 4.33. The third-order valence-corrected chi connectivity index (χ3v) is 1.43. The van der Waals surface area contributed by atoms with Crippen molar-refractivity contribution >= 4 is 11.9 Å². The predicted octanol–water partition coefficient (Wildman–Crippen LogP) is 1.28. The molecule has 0 radical (unpaired) electrons. The summed E-state index contributed by atoms with van der Waals surface area (Å²) in [4.78, 5) is 20.8. The molecule has 0 N–H and O–H groups in total. The van der Waals surface area contributed by atoms with E-state index >= 15 is 0 Å². The SMILES string of the molecule is CC(=O)OCCC[C@@H](C)OC(C)=O. The van der Waals surface area contributed by atoms with Gasteiger partial charge in [0.2, 0.25) is 0 Å². The summed E-state index contributed by atoms with van der Waals surface area (Å²) in [7, 11) is 0. The Morgan fingerprint density at radius 2 is 1.85 bits per heavy atom. The van der Waals surface area contributed by atoms with E-state index in [4.69, 9.17) is 9.47 Å². The van der Waals surface area contributed by atoms with Crippen LogP contribution in [-0.4, -0.2) is 24.6 Å². The van der Waals surface area contributed by atoms with Crippen LogP contribution in [-0.2, 0) is 19.1 Å². The number of rotatable bonds is 5. The molecule has 13 heavy (non-hydrogen) atoms. The zero-order chi connectivity index (χ0) is 10.3. The normalized spacial score (nSPS) is 11.9. The summed E-state index contributed by atoms with van der Waals surface area (Å²) in [6.45, 7) is 4.95. The summed E-state index contributed by atoms with van der Waals surface area (Å²) in [5.41, 5.74) is 0. The molecule has 0 aliphatic heterocycles. The molecule has 0 fully saturated rings. The molecular formula is C9H16O4. The Balaban J connectivity index is 3.31. The lowest BCUT2D eigenvalue weighted by Gasteiger charge is -2.10. The molecule has 0 spiro atoms. The maximum Gasteiger partial charge on any atom is 0.302 e. The lowest BCUT2D eigenvalue weighted by atomic mass is 10.2. The highest BCUT2D eigenvalue weighted by Crippen LogP contribution is 2.01. The lowest BCUT2D eigenvalue weighted by Crippen LogP contribution is -2.13. The number of esters is 2. The monoisotopic (exact) mass is 188 g/mol. The van der Waals surface area contributed by atoms with Crippen LogP contribution < -0.4 is 0 Å². The van der Waals surface area contributed by atoms with E-state index in [0.29, 0.717) is 19.4 Å². The van der Waals surface area contributed by atoms with Crippen LogP contribution >= 0.6 is 0 Å². The molecule has 0 aromatic carbocycles. The van der Waals surface area contributed by atoms with E-state index in [-0.39, 0.29) is 18.0 Å². The lowest BCUT2D eigenvalue weighted by molar-refractivity contribution is -0.147. The molecule has 76 valence electrons. The molecule has 0 bridgehead atoms. The van der Waals surface area contributed by atoms with Crippen LogP contribution in [0.4, 0.5) is 0 Å². The van der Waals surface area contributed by atoms with Gasteiger partial charge in [0, 0.05) is 13.8 Å². The smallest absolute Gasteiger partial charge is 0.302 e. The average Bonchev–Trinajstić information content (AvgIpc) is 1.96. The molecule has 0 aliphatic rings. The fourth-order valence-corrected chi connectivity index (χ4v) is 0.929. The van der Waals surface area contributed by atoms with Crippen LogP contribution in [0, 0.1) is 0 Å². The van der Waals surface area contributed by atoms with E-state index in [1.165, 1.54) is 13.8 Å². The average molecular weight is 188 g/mol. The van der Waals surface area contributed by atoms with Crippen molar-refractivity contribution in [1.29, 1.82) is 0 Å². The second-order valence-electron chi connectivity index (χ2n) is 2.90. The Morgan fingerprint density at radius 3 is 2.31 bits per heavy atom. The number of carbonyl (C=O) groups excluding carboxylic acids is 2. The van der Waals surface area contributed by atoms with E-state index in [2.05, 4.69) is 0 Å². The highest BCUT2D eigenvalue weighted by atomic mass is 16.5. The summed E-state index contributed by atoms with van der Waals surface area (Å²) >= 11 is 0. The van der Waals surface area contributed by atoms with Gasteiger partial charge in [-0.15, -0.1) is 0 Å². The van der Waals surface area contributed by atoms with Gasteiger partial charge in [-0.3, -0.25) is 9.59 Å². The van der Waals surface area contributed by atoms with Crippen molar-refractivity contribution in [3.63, 3.8) is 0 Å². The topological polar surface area (TPSA) is 52.6 Å². The largest absolute Gasteiger partial charge is 0.466 e. The third kappa shape index (κ3) is 8.85. The van der Waals surface area contributed by atoms with Crippen LogP contribution in [0.2, 0.25) is 0 Å². The van der Waals surface area contributed by atoms with E-state index in [1.807, 2.05) is 6.92 Å². The molecule has 0 amide bonds. The van der Waals surface area contributed by atoms with Crippen molar-refractivity contribution in [1.82, 2.24) is 0 Å². The fourth-order valence-electron chi connectivity index (χ4n) is 0.929. The molecule has 0 aliphatic carbocycles. The predicted molar refractivity (Wildman–Crippen MR) is 47.1 cm³/mol. The Morgan fingerprint density at radius 1 is 1.23 bits per heavy atom. The van der Waals surface area contributed by atoms with Gasteiger partial charge in [-0.05, 0) is 19.8 Å². The van der Waals surface area contributed by atoms with E-state index in [9.17, 15) is 9.59 Å². The zero-order valence-electron chi connectivity index (χ0n) is 8.33. The first kappa shape index (κ1) is 11.9. The van der Waals surface area contributed by atoms with Crippen LogP contribution in [0.5, 0.6) is 0 Å². The number of hydrogen-bond acceptors (Lipinski definition) is 4. The van der Waals surface area contributed by atoms with Crippen molar-refractivity contribution in [2.45, 2.75) is 39.7 Å². The molecule has 0 rings (SSSR count). The standard InChI is InChI=1S/C9H16O4/c1-7(13-9(3)11)5-4-6-12-8(2)10/h7H,4-6H2,1-3H3/t7-/m1/s1. The van der Waals surface area contributed by atoms with Gasteiger partial charge >= 0.3 is 11.9 Å². The maximum atomic E-state index is 10.5. The van der Waals surface area contributed by atoms with Gasteiger partial charge in [-0.25, -0.2) is 0 Å². The summed E-state index contributed by atoms with van der Waals surface area (Å²) in [5.74, 6) is -0.555. The van der Waals surface area contributed by atoms with E-state index in [1.54, 1.807) is 0 Å². The van der Waals surface area contributed by atoms with E-state index < -0.39 is 0 Å². The summed E-state index contributed by atoms with van der Waals surface area (Å²) < 4.78 is 9.60.